The van der Waals surface area contributed by atoms with Crippen molar-refractivity contribution in [3.8, 4) is 0 Å². The molecule has 0 radical (unpaired) electrons. The van der Waals surface area contributed by atoms with Gasteiger partial charge in [-0.25, -0.2) is 13.2 Å². The summed E-state index contributed by atoms with van der Waals surface area (Å²) in [6, 6.07) is 5.13. The van der Waals surface area contributed by atoms with Gasteiger partial charge in [0.1, 0.15) is 6.04 Å². The first-order chi connectivity index (χ1) is 11.7. The van der Waals surface area contributed by atoms with Crippen molar-refractivity contribution in [3.63, 3.8) is 0 Å². The maximum absolute atomic E-state index is 12.6. The van der Waals surface area contributed by atoms with Gasteiger partial charge in [0.15, 0.2) is 0 Å². The Bertz CT molecular complexity index is 725. The molecule has 0 spiro atoms. The summed E-state index contributed by atoms with van der Waals surface area (Å²) < 4.78 is 26.7. The largest absolute Gasteiger partial charge is 0.352 e. The molecule has 9 heteroatoms. The average Bonchev–Trinajstić information content (AvgIpc) is 2.55. The van der Waals surface area contributed by atoms with E-state index in [-0.39, 0.29) is 16.8 Å². The van der Waals surface area contributed by atoms with Crippen LogP contribution in [0.5, 0.6) is 0 Å². The summed E-state index contributed by atoms with van der Waals surface area (Å²) in [5.41, 5.74) is 5.99. The topological polar surface area (TPSA) is 122 Å². The first kappa shape index (κ1) is 19.2. The Morgan fingerprint density at radius 1 is 1.20 bits per heavy atom. The zero-order chi connectivity index (χ0) is 18.6. The fourth-order valence-electron chi connectivity index (χ4n) is 2.70. The van der Waals surface area contributed by atoms with E-state index in [0.29, 0.717) is 25.9 Å². The van der Waals surface area contributed by atoms with Crippen molar-refractivity contribution in [3.05, 3.63) is 29.8 Å². The predicted octanol–water partition coefficient (Wildman–Crippen LogP) is 0.321. The molecular weight excluding hydrogens is 344 g/mol. The van der Waals surface area contributed by atoms with E-state index in [0.717, 1.165) is 5.56 Å². The number of benzene rings is 1. The van der Waals surface area contributed by atoms with Gasteiger partial charge in [-0.05, 0) is 38.8 Å². The molecule has 1 aromatic rings. The van der Waals surface area contributed by atoms with Gasteiger partial charge in [-0.15, -0.1) is 0 Å². The van der Waals surface area contributed by atoms with Crippen LogP contribution < -0.4 is 16.4 Å². The molecule has 1 aromatic carbocycles. The van der Waals surface area contributed by atoms with Crippen molar-refractivity contribution in [1.29, 1.82) is 0 Å². The summed E-state index contributed by atoms with van der Waals surface area (Å²) in [4.78, 5) is 23.0. The zero-order valence-corrected chi connectivity index (χ0v) is 15.2. The van der Waals surface area contributed by atoms with Gasteiger partial charge < -0.3 is 16.4 Å². The van der Waals surface area contributed by atoms with Gasteiger partial charge in [0.05, 0.1) is 4.90 Å². The van der Waals surface area contributed by atoms with E-state index >= 15 is 0 Å². The Morgan fingerprint density at radius 3 is 2.28 bits per heavy atom. The van der Waals surface area contributed by atoms with Gasteiger partial charge in [-0.2, -0.15) is 4.31 Å². The Balaban J connectivity index is 1.92. The van der Waals surface area contributed by atoms with E-state index in [9.17, 15) is 18.0 Å². The van der Waals surface area contributed by atoms with Crippen LogP contribution in [-0.2, 0) is 14.8 Å². The van der Waals surface area contributed by atoms with Crippen LogP contribution in [0.25, 0.3) is 0 Å². The van der Waals surface area contributed by atoms with E-state index in [1.54, 1.807) is 24.3 Å². The number of hydrogen-bond donors (Lipinski definition) is 3. The lowest BCUT2D eigenvalue weighted by Crippen LogP contribution is -2.52. The van der Waals surface area contributed by atoms with Crippen LogP contribution in [-0.4, -0.2) is 49.8 Å². The third-order valence-corrected chi connectivity index (χ3v) is 6.12. The fourth-order valence-corrected chi connectivity index (χ4v) is 4.17. The molecular formula is C16H24N4O4S. The summed E-state index contributed by atoms with van der Waals surface area (Å²) in [6.45, 7) is 4.10. The van der Waals surface area contributed by atoms with Crippen LogP contribution in [0.3, 0.4) is 0 Å². The average molecular weight is 368 g/mol. The SMILES string of the molecule is Cc1ccc(S(=O)(=O)N2CCC(NC(=O)C(C)NC(N)=O)CC2)cc1. The van der Waals surface area contributed by atoms with Crippen LogP contribution in [0, 0.1) is 6.92 Å². The number of sulfonamides is 1. The van der Waals surface area contributed by atoms with E-state index in [2.05, 4.69) is 10.6 Å². The van der Waals surface area contributed by atoms with Crippen molar-refractivity contribution >= 4 is 22.0 Å². The lowest BCUT2D eigenvalue weighted by Gasteiger charge is -2.32. The van der Waals surface area contributed by atoms with Gasteiger partial charge in [0.25, 0.3) is 0 Å². The zero-order valence-electron chi connectivity index (χ0n) is 14.4. The second kappa shape index (κ2) is 7.83. The number of urea groups is 1. The Morgan fingerprint density at radius 2 is 1.76 bits per heavy atom. The number of piperidine rings is 1. The standard InChI is InChI=1S/C16H24N4O4S/c1-11-3-5-14(6-4-11)25(23,24)20-9-7-13(8-10-20)19-15(21)12(2)18-16(17)22/h3-6,12-13H,7-10H2,1-2H3,(H,19,21)(H3,17,18,22). The van der Waals surface area contributed by atoms with Gasteiger partial charge in [-0.1, -0.05) is 17.7 Å². The van der Waals surface area contributed by atoms with E-state index in [1.165, 1.54) is 11.2 Å². The minimum Gasteiger partial charge on any atom is -0.352 e. The fraction of sp³-hybridized carbons (Fsp3) is 0.500. The van der Waals surface area contributed by atoms with Crippen molar-refractivity contribution in [2.75, 3.05) is 13.1 Å². The number of hydrogen-bond acceptors (Lipinski definition) is 4. The van der Waals surface area contributed by atoms with Crippen LogP contribution >= 0.6 is 0 Å². The summed E-state index contributed by atoms with van der Waals surface area (Å²) >= 11 is 0. The van der Waals surface area contributed by atoms with Gasteiger partial charge in [0, 0.05) is 19.1 Å². The van der Waals surface area contributed by atoms with Crippen LogP contribution in [0.15, 0.2) is 29.2 Å². The normalized spacial score (nSPS) is 17.7. The van der Waals surface area contributed by atoms with E-state index in [1.807, 2.05) is 6.92 Å². The van der Waals surface area contributed by atoms with E-state index in [4.69, 9.17) is 5.73 Å². The summed E-state index contributed by atoms with van der Waals surface area (Å²) in [5.74, 6) is -0.335. The molecule has 8 nitrogen and oxygen atoms in total. The van der Waals surface area contributed by atoms with Crippen LogP contribution in [0.4, 0.5) is 4.79 Å². The molecule has 0 saturated carbocycles. The molecule has 1 atom stereocenters. The summed E-state index contributed by atoms with van der Waals surface area (Å²) in [6.07, 6.45) is 1.03. The summed E-state index contributed by atoms with van der Waals surface area (Å²) in [7, 11) is -3.52. The minimum absolute atomic E-state index is 0.130. The predicted molar refractivity (Wildman–Crippen MR) is 93.3 cm³/mol. The van der Waals surface area contributed by atoms with Gasteiger partial charge in [0.2, 0.25) is 15.9 Å². The van der Waals surface area contributed by atoms with Crippen molar-refractivity contribution in [1.82, 2.24) is 14.9 Å². The van der Waals surface area contributed by atoms with Crippen LogP contribution in [0.2, 0.25) is 0 Å². The second-order valence-electron chi connectivity index (χ2n) is 6.23. The molecule has 1 aliphatic heterocycles. The molecule has 25 heavy (non-hydrogen) atoms. The number of nitrogens with zero attached hydrogens (tertiary/aromatic N) is 1. The number of carbonyl (C=O) groups is 2. The molecule has 0 aromatic heterocycles. The first-order valence-corrected chi connectivity index (χ1v) is 9.57. The molecule has 1 aliphatic rings. The molecule has 4 N–H and O–H groups in total. The van der Waals surface area contributed by atoms with Crippen molar-refractivity contribution < 1.29 is 18.0 Å². The molecule has 1 fully saturated rings. The number of primary amides is 1. The van der Waals surface area contributed by atoms with Gasteiger partial charge in [-0.3, -0.25) is 4.79 Å². The molecule has 0 bridgehead atoms. The number of carbonyl (C=O) groups excluding carboxylic acids is 2. The van der Waals surface area contributed by atoms with Crippen LogP contribution in [0.1, 0.15) is 25.3 Å². The van der Waals surface area contributed by atoms with Gasteiger partial charge >= 0.3 is 6.03 Å². The molecule has 0 aliphatic carbocycles. The summed E-state index contributed by atoms with van der Waals surface area (Å²) in [5, 5.41) is 5.12. The molecule has 138 valence electrons. The number of amides is 3. The third-order valence-electron chi connectivity index (χ3n) is 4.21. The highest BCUT2D eigenvalue weighted by Gasteiger charge is 2.30. The highest BCUT2D eigenvalue weighted by Crippen LogP contribution is 2.21. The quantitative estimate of drug-likeness (QED) is 0.693. The molecule has 3 amide bonds. The lowest BCUT2D eigenvalue weighted by molar-refractivity contribution is -0.123. The molecule has 1 saturated heterocycles. The number of nitrogens with one attached hydrogen (secondary N) is 2. The van der Waals surface area contributed by atoms with E-state index < -0.39 is 22.1 Å². The maximum atomic E-state index is 12.6. The Hall–Kier alpha value is -2.13. The van der Waals surface area contributed by atoms with Crippen molar-refractivity contribution in [2.45, 2.75) is 43.7 Å². The highest BCUT2D eigenvalue weighted by molar-refractivity contribution is 7.89. The molecule has 1 heterocycles. The maximum Gasteiger partial charge on any atom is 0.312 e. The Kier molecular flexibility index (Phi) is 6.02. The second-order valence-corrected chi connectivity index (χ2v) is 8.17. The monoisotopic (exact) mass is 368 g/mol. The first-order valence-electron chi connectivity index (χ1n) is 8.13. The number of aryl methyl sites for hydroxylation is 1. The minimum atomic E-state index is -3.52. The number of rotatable bonds is 5. The smallest absolute Gasteiger partial charge is 0.312 e. The Labute approximate surface area is 147 Å². The highest BCUT2D eigenvalue weighted by atomic mass is 32.2. The van der Waals surface area contributed by atoms with Crippen molar-refractivity contribution in [2.24, 2.45) is 5.73 Å². The molecule has 1 unspecified atom stereocenters. The third kappa shape index (κ3) is 4.93. The number of nitrogens with two attached hydrogens (primary N) is 1. The lowest BCUT2D eigenvalue weighted by atomic mass is 10.1. The molecule has 2 rings (SSSR count).